The number of benzene rings is 1. The molecule has 0 radical (unpaired) electrons. The number of aromatic amines is 1. The molecule has 8 heteroatoms. The highest BCUT2D eigenvalue weighted by Gasteiger charge is 2.11. The first-order valence-electron chi connectivity index (χ1n) is 7.18. The largest absolute Gasteiger partial charge is 0.361 e. The van der Waals surface area contributed by atoms with Crippen LogP contribution in [0, 0.1) is 0 Å². The zero-order chi connectivity index (χ0) is 16.5. The fourth-order valence-electron chi connectivity index (χ4n) is 2.46. The van der Waals surface area contributed by atoms with Gasteiger partial charge >= 0.3 is 0 Å². The molecule has 0 spiro atoms. The molecule has 1 aromatic carbocycles. The van der Waals surface area contributed by atoms with Crippen LogP contribution >= 0.6 is 0 Å². The number of H-pyrrole nitrogens is 1. The van der Waals surface area contributed by atoms with Gasteiger partial charge in [0.2, 0.25) is 6.41 Å². The average molecular weight is 320 g/mol. The van der Waals surface area contributed by atoms with E-state index in [1.165, 1.54) is 10.7 Å². The molecule has 4 rings (SSSR count). The first kappa shape index (κ1) is 13.9. The number of nitrogens with one attached hydrogen (secondary N) is 3. The zero-order valence-electron chi connectivity index (χ0n) is 12.4. The van der Waals surface area contributed by atoms with E-state index in [0.717, 1.165) is 10.9 Å². The molecule has 0 saturated heterocycles. The van der Waals surface area contributed by atoms with Crippen LogP contribution in [0.3, 0.4) is 0 Å². The van der Waals surface area contributed by atoms with Gasteiger partial charge in [0, 0.05) is 22.8 Å². The van der Waals surface area contributed by atoms with Crippen molar-refractivity contribution in [2.24, 2.45) is 0 Å². The van der Waals surface area contributed by atoms with E-state index in [4.69, 9.17) is 0 Å². The number of nitrogens with zero attached hydrogens (tertiary/aromatic N) is 3. The van der Waals surface area contributed by atoms with Crippen LogP contribution in [0.25, 0.3) is 16.6 Å². The molecule has 3 heterocycles. The van der Waals surface area contributed by atoms with Gasteiger partial charge in [-0.15, -0.1) is 0 Å². The maximum absolute atomic E-state index is 12.4. The van der Waals surface area contributed by atoms with Crippen molar-refractivity contribution in [2.45, 2.75) is 0 Å². The summed E-state index contributed by atoms with van der Waals surface area (Å²) in [6.45, 7) is 0. The van der Waals surface area contributed by atoms with Crippen molar-refractivity contribution in [1.29, 1.82) is 0 Å². The van der Waals surface area contributed by atoms with Crippen molar-refractivity contribution in [1.82, 2.24) is 19.6 Å². The summed E-state index contributed by atoms with van der Waals surface area (Å²) in [7, 11) is 0. The van der Waals surface area contributed by atoms with Crippen molar-refractivity contribution in [3.05, 3.63) is 54.5 Å². The SMILES string of the molecule is O=CNc1cn2nc(C(=O)Nc3ccc4[nH]ccc4c3)ccc2n1. The highest BCUT2D eigenvalue weighted by atomic mass is 16.2. The minimum atomic E-state index is -0.328. The van der Waals surface area contributed by atoms with Gasteiger partial charge in [-0.1, -0.05) is 0 Å². The van der Waals surface area contributed by atoms with E-state index in [-0.39, 0.29) is 11.6 Å². The van der Waals surface area contributed by atoms with Crippen LogP contribution in [-0.2, 0) is 4.79 Å². The van der Waals surface area contributed by atoms with E-state index < -0.39 is 0 Å². The standard InChI is InChI=1S/C16H12N6O2/c23-9-18-14-8-22-15(20-14)4-3-13(21-22)16(24)19-11-1-2-12-10(7-11)5-6-17-12/h1-9,17H,(H,18,23)(H,19,24). The summed E-state index contributed by atoms with van der Waals surface area (Å²) < 4.78 is 1.44. The summed E-state index contributed by atoms with van der Waals surface area (Å²) in [5, 5.41) is 10.5. The third kappa shape index (κ3) is 2.45. The van der Waals surface area contributed by atoms with Crippen LogP contribution in [0.1, 0.15) is 10.5 Å². The molecule has 0 fully saturated rings. The van der Waals surface area contributed by atoms with E-state index in [2.05, 4.69) is 25.7 Å². The van der Waals surface area contributed by atoms with E-state index in [1.807, 2.05) is 30.5 Å². The van der Waals surface area contributed by atoms with Crippen molar-refractivity contribution < 1.29 is 9.59 Å². The Labute approximate surface area is 135 Å². The number of hydrogen-bond acceptors (Lipinski definition) is 4. The topological polar surface area (TPSA) is 104 Å². The Morgan fingerprint density at radius 3 is 3.00 bits per heavy atom. The molecule has 2 amide bonds. The van der Waals surface area contributed by atoms with Crippen LogP contribution in [0.2, 0.25) is 0 Å². The Kier molecular flexibility index (Phi) is 3.20. The van der Waals surface area contributed by atoms with Gasteiger partial charge in [0.1, 0.15) is 5.69 Å². The summed E-state index contributed by atoms with van der Waals surface area (Å²) in [4.78, 5) is 30.1. The number of carbonyl (C=O) groups excluding carboxylic acids is 2. The minimum Gasteiger partial charge on any atom is -0.361 e. The van der Waals surface area contributed by atoms with Gasteiger partial charge in [-0.2, -0.15) is 5.10 Å². The highest BCUT2D eigenvalue weighted by Crippen LogP contribution is 2.18. The van der Waals surface area contributed by atoms with Gasteiger partial charge in [-0.05, 0) is 36.4 Å². The number of amides is 2. The second-order valence-corrected chi connectivity index (χ2v) is 5.14. The number of imidazole rings is 1. The fraction of sp³-hybridized carbons (Fsp3) is 0. The molecule has 3 N–H and O–H groups in total. The normalized spacial score (nSPS) is 10.8. The molecule has 4 aromatic rings. The molecule has 0 unspecified atom stereocenters. The fourth-order valence-corrected chi connectivity index (χ4v) is 2.46. The smallest absolute Gasteiger partial charge is 0.276 e. The van der Waals surface area contributed by atoms with Gasteiger partial charge in [0.25, 0.3) is 5.91 Å². The second kappa shape index (κ2) is 5.51. The third-order valence-corrected chi connectivity index (χ3v) is 3.57. The lowest BCUT2D eigenvalue weighted by Crippen LogP contribution is -2.15. The van der Waals surface area contributed by atoms with Gasteiger partial charge in [-0.25, -0.2) is 9.50 Å². The van der Waals surface area contributed by atoms with E-state index in [0.29, 0.717) is 23.6 Å². The molecule has 24 heavy (non-hydrogen) atoms. The predicted octanol–water partition coefficient (Wildman–Crippen LogP) is 2.03. The highest BCUT2D eigenvalue weighted by molar-refractivity contribution is 6.03. The van der Waals surface area contributed by atoms with Gasteiger partial charge in [-0.3, -0.25) is 9.59 Å². The zero-order valence-corrected chi connectivity index (χ0v) is 12.4. The van der Waals surface area contributed by atoms with Crippen molar-refractivity contribution in [2.75, 3.05) is 10.6 Å². The Balaban J connectivity index is 1.60. The van der Waals surface area contributed by atoms with Crippen LogP contribution in [-0.4, -0.2) is 31.9 Å². The monoisotopic (exact) mass is 320 g/mol. The Morgan fingerprint density at radius 2 is 2.12 bits per heavy atom. The van der Waals surface area contributed by atoms with E-state index in [1.54, 1.807) is 12.1 Å². The summed E-state index contributed by atoms with van der Waals surface area (Å²) >= 11 is 0. The number of aromatic nitrogens is 4. The number of carbonyl (C=O) groups is 2. The molecular formula is C16H12N6O2. The van der Waals surface area contributed by atoms with Crippen molar-refractivity contribution in [3.63, 3.8) is 0 Å². The van der Waals surface area contributed by atoms with Gasteiger partial charge < -0.3 is 15.6 Å². The quantitative estimate of drug-likeness (QED) is 0.500. The summed E-state index contributed by atoms with van der Waals surface area (Å²) in [5.74, 6) is 0.0401. The number of fused-ring (bicyclic) bond motifs is 2. The van der Waals surface area contributed by atoms with Crippen LogP contribution < -0.4 is 10.6 Å². The second-order valence-electron chi connectivity index (χ2n) is 5.14. The Bertz CT molecular complexity index is 1060. The van der Waals surface area contributed by atoms with Crippen LogP contribution in [0.5, 0.6) is 0 Å². The summed E-state index contributed by atoms with van der Waals surface area (Å²) in [6.07, 6.45) is 3.91. The lowest BCUT2D eigenvalue weighted by molar-refractivity contribution is -0.105. The molecule has 118 valence electrons. The van der Waals surface area contributed by atoms with Crippen LogP contribution in [0.15, 0.2) is 48.8 Å². The molecule has 0 aliphatic heterocycles. The average Bonchev–Trinajstić information content (AvgIpc) is 3.19. The Hall–Kier alpha value is -3.68. The number of rotatable bonds is 4. The molecular weight excluding hydrogens is 308 g/mol. The van der Waals surface area contributed by atoms with Gasteiger partial charge in [0.05, 0.1) is 6.20 Å². The minimum absolute atomic E-state index is 0.242. The van der Waals surface area contributed by atoms with E-state index >= 15 is 0 Å². The van der Waals surface area contributed by atoms with Crippen molar-refractivity contribution in [3.8, 4) is 0 Å². The van der Waals surface area contributed by atoms with Crippen molar-refractivity contribution >= 4 is 40.4 Å². The Morgan fingerprint density at radius 1 is 1.21 bits per heavy atom. The molecule has 0 aliphatic carbocycles. The molecule has 0 saturated carbocycles. The lowest BCUT2D eigenvalue weighted by atomic mass is 10.2. The first-order valence-corrected chi connectivity index (χ1v) is 7.18. The van der Waals surface area contributed by atoms with Gasteiger partial charge in [0.15, 0.2) is 11.5 Å². The molecule has 0 atom stereocenters. The van der Waals surface area contributed by atoms with E-state index in [9.17, 15) is 9.59 Å². The lowest BCUT2D eigenvalue weighted by Gasteiger charge is -2.05. The first-order chi connectivity index (χ1) is 11.7. The molecule has 3 aromatic heterocycles. The molecule has 8 nitrogen and oxygen atoms in total. The third-order valence-electron chi connectivity index (χ3n) is 3.57. The summed E-state index contributed by atoms with van der Waals surface area (Å²) in [5.41, 5.74) is 2.46. The van der Waals surface area contributed by atoms with Crippen LogP contribution in [0.4, 0.5) is 11.5 Å². The number of hydrogen-bond donors (Lipinski definition) is 3. The molecule has 0 bridgehead atoms. The summed E-state index contributed by atoms with van der Waals surface area (Å²) in [6, 6.07) is 10.8. The molecule has 0 aliphatic rings. The maximum atomic E-state index is 12.4. The number of anilines is 2. The predicted molar refractivity (Wildman–Crippen MR) is 88.9 cm³/mol. The maximum Gasteiger partial charge on any atom is 0.276 e.